The number of para-hydroxylation sites is 1. The van der Waals surface area contributed by atoms with Crippen molar-refractivity contribution in [2.75, 3.05) is 38.7 Å². The van der Waals surface area contributed by atoms with E-state index < -0.39 is 0 Å². The highest BCUT2D eigenvalue weighted by atomic mass is 32.1. The summed E-state index contributed by atoms with van der Waals surface area (Å²) in [6.45, 7) is 6.17. The first-order valence-electron chi connectivity index (χ1n) is 8.03. The summed E-state index contributed by atoms with van der Waals surface area (Å²) in [5.74, 6) is 0.922. The van der Waals surface area contributed by atoms with Crippen molar-refractivity contribution >= 4 is 32.6 Å². The van der Waals surface area contributed by atoms with Gasteiger partial charge in [0.1, 0.15) is 11.3 Å². The molecule has 1 amide bonds. The number of fused-ring (bicyclic) bond motifs is 1. The van der Waals surface area contributed by atoms with E-state index in [9.17, 15) is 4.79 Å². The maximum absolute atomic E-state index is 12.5. The van der Waals surface area contributed by atoms with Crippen LogP contribution in [0.15, 0.2) is 18.2 Å². The molecule has 5 nitrogen and oxygen atoms in total. The van der Waals surface area contributed by atoms with Crippen molar-refractivity contribution in [3.8, 4) is 5.75 Å². The zero-order chi connectivity index (χ0) is 16.8. The highest BCUT2D eigenvalue weighted by Gasteiger charge is 2.17. The average Bonchev–Trinajstić information content (AvgIpc) is 2.98. The Labute approximate surface area is 141 Å². The van der Waals surface area contributed by atoms with Gasteiger partial charge in [-0.2, -0.15) is 0 Å². The number of carbonyl (C=O) groups is 1. The van der Waals surface area contributed by atoms with Crippen LogP contribution in [-0.2, 0) is 4.79 Å². The summed E-state index contributed by atoms with van der Waals surface area (Å²) in [7, 11) is 3.56. The molecule has 2 rings (SSSR count). The molecular formula is C17H25N3O2S. The van der Waals surface area contributed by atoms with Gasteiger partial charge in [0.05, 0.1) is 18.4 Å². The summed E-state index contributed by atoms with van der Waals surface area (Å²) in [5.41, 5.74) is 0.855. The Kier molecular flexibility index (Phi) is 6.21. The fraction of sp³-hybridized carbons (Fsp3) is 0.529. The molecule has 0 atom stereocenters. The normalized spacial score (nSPS) is 10.8. The van der Waals surface area contributed by atoms with E-state index in [1.807, 2.05) is 35.0 Å². The van der Waals surface area contributed by atoms with Crippen molar-refractivity contribution in [3.63, 3.8) is 0 Å². The third kappa shape index (κ3) is 4.13. The lowest BCUT2D eigenvalue weighted by Crippen LogP contribution is -2.39. The first-order chi connectivity index (χ1) is 11.1. The van der Waals surface area contributed by atoms with Gasteiger partial charge in [0.2, 0.25) is 5.91 Å². The van der Waals surface area contributed by atoms with Crippen LogP contribution in [0.2, 0.25) is 0 Å². The number of likely N-dealkylation sites (N-methyl/N-ethyl adjacent to an activating group) is 1. The molecule has 23 heavy (non-hydrogen) atoms. The van der Waals surface area contributed by atoms with E-state index in [-0.39, 0.29) is 5.91 Å². The van der Waals surface area contributed by atoms with E-state index in [4.69, 9.17) is 4.74 Å². The summed E-state index contributed by atoms with van der Waals surface area (Å²) in [6, 6.07) is 5.88. The van der Waals surface area contributed by atoms with Crippen molar-refractivity contribution < 1.29 is 9.53 Å². The van der Waals surface area contributed by atoms with Crippen molar-refractivity contribution in [3.05, 3.63) is 18.2 Å². The minimum atomic E-state index is 0.155. The summed E-state index contributed by atoms with van der Waals surface area (Å²) in [5, 5.41) is 0.839. The van der Waals surface area contributed by atoms with E-state index in [0.29, 0.717) is 6.54 Å². The van der Waals surface area contributed by atoms with Gasteiger partial charge in [-0.15, -0.1) is 0 Å². The Bertz CT molecular complexity index is 650. The van der Waals surface area contributed by atoms with Crippen LogP contribution in [0.5, 0.6) is 5.75 Å². The number of rotatable bonds is 8. The molecule has 0 spiro atoms. The van der Waals surface area contributed by atoms with E-state index in [1.165, 1.54) is 0 Å². The lowest BCUT2D eigenvalue weighted by atomic mass is 10.3. The number of hydrogen-bond acceptors (Lipinski definition) is 5. The monoisotopic (exact) mass is 335 g/mol. The van der Waals surface area contributed by atoms with Crippen molar-refractivity contribution in [1.29, 1.82) is 0 Å². The SMILES string of the molecule is CCCN(CCC)C(=O)CN(C)c1nc2c(OC)cccc2s1. The van der Waals surface area contributed by atoms with Crippen LogP contribution < -0.4 is 9.64 Å². The second-order valence-electron chi connectivity index (χ2n) is 5.54. The Hall–Kier alpha value is -1.82. The van der Waals surface area contributed by atoms with Crippen LogP contribution in [0, 0.1) is 0 Å². The predicted octanol–water partition coefficient (Wildman–Crippen LogP) is 3.39. The smallest absolute Gasteiger partial charge is 0.242 e. The lowest BCUT2D eigenvalue weighted by molar-refractivity contribution is -0.129. The second kappa shape index (κ2) is 8.15. The Morgan fingerprint density at radius 3 is 2.57 bits per heavy atom. The molecule has 2 aromatic rings. The minimum absolute atomic E-state index is 0.155. The molecule has 0 aliphatic rings. The molecule has 6 heteroatoms. The highest BCUT2D eigenvalue weighted by Crippen LogP contribution is 2.33. The van der Waals surface area contributed by atoms with Crippen molar-refractivity contribution in [1.82, 2.24) is 9.88 Å². The number of anilines is 1. The molecular weight excluding hydrogens is 310 g/mol. The van der Waals surface area contributed by atoms with Crippen LogP contribution in [0.25, 0.3) is 10.2 Å². The van der Waals surface area contributed by atoms with E-state index in [0.717, 1.165) is 47.0 Å². The number of nitrogens with zero attached hydrogens (tertiary/aromatic N) is 3. The van der Waals surface area contributed by atoms with Gasteiger partial charge in [0, 0.05) is 20.1 Å². The molecule has 0 radical (unpaired) electrons. The van der Waals surface area contributed by atoms with Gasteiger partial charge in [-0.3, -0.25) is 4.79 Å². The topological polar surface area (TPSA) is 45.7 Å². The maximum Gasteiger partial charge on any atom is 0.242 e. The number of amides is 1. The van der Waals surface area contributed by atoms with Gasteiger partial charge in [-0.05, 0) is 25.0 Å². The molecule has 0 aliphatic carbocycles. The first-order valence-corrected chi connectivity index (χ1v) is 8.84. The van der Waals surface area contributed by atoms with Crippen LogP contribution in [0.1, 0.15) is 26.7 Å². The maximum atomic E-state index is 12.5. The van der Waals surface area contributed by atoms with Crippen LogP contribution >= 0.6 is 11.3 Å². The largest absolute Gasteiger partial charge is 0.494 e. The van der Waals surface area contributed by atoms with Crippen LogP contribution in [-0.4, -0.2) is 49.6 Å². The molecule has 0 aliphatic heterocycles. The first kappa shape index (κ1) is 17.5. The zero-order valence-electron chi connectivity index (χ0n) is 14.3. The van der Waals surface area contributed by atoms with Gasteiger partial charge < -0.3 is 14.5 Å². The van der Waals surface area contributed by atoms with Gasteiger partial charge in [-0.25, -0.2) is 4.98 Å². The predicted molar refractivity (Wildman–Crippen MR) is 96.6 cm³/mol. The van der Waals surface area contributed by atoms with Crippen LogP contribution in [0.3, 0.4) is 0 Å². The summed E-state index contributed by atoms with van der Waals surface area (Å²) < 4.78 is 6.42. The molecule has 0 saturated heterocycles. The number of aromatic nitrogens is 1. The molecule has 0 fully saturated rings. The summed E-state index contributed by atoms with van der Waals surface area (Å²) in [4.78, 5) is 21.0. The standard InChI is InChI=1S/C17H25N3O2S/c1-5-10-20(11-6-2)15(21)12-19(3)17-18-16-13(22-4)8-7-9-14(16)23-17/h7-9H,5-6,10-12H2,1-4H3. The minimum Gasteiger partial charge on any atom is -0.494 e. The molecule has 0 saturated carbocycles. The average molecular weight is 335 g/mol. The molecule has 0 N–H and O–H groups in total. The third-order valence-corrected chi connectivity index (χ3v) is 4.76. The highest BCUT2D eigenvalue weighted by molar-refractivity contribution is 7.22. The summed E-state index contributed by atoms with van der Waals surface area (Å²) >= 11 is 1.58. The molecule has 126 valence electrons. The molecule has 0 bridgehead atoms. The Morgan fingerprint density at radius 2 is 1.96 bits per heavy atom. The summed E-state index contributed by atoms with van der Waals surface area (Å²) in [6.07, 6.45) is 1.96. The molecule has 1 aromatic heterocycles. The molecule has 1 heterocycles. The zero-order valence-corrected chi connectivity index (χ0v) is 15.2. The van der Waals surface area contributed by atoms with Gasteiger partial charge >= 0.3 is 0 Å². The van der Waals surface area contributed by atoms with Gasteiger partial charge in [-0.1, -0.05) is 31.3 Å². The number of carbonyl (C=O) groups excluding carboxylic acids is 1. The fourth-order valence-electron chi connectivity index (χ4n) is 2.51. The number of thiazole rings is 1. The Balaban J connectivity index is 2.13. The quantitative estimate of drug-likeness (QED) is 0.742. The molecule has 1 aromatic carbocycles. The third-order valence-electron chi connectivity index (χ3n) is 3.63. The number of benzene rings is 1. The number of hydrogen-bond donors (Lipinski definition) is 0. The van der Waals surface area contributed by atoms with E-state index in [2.05, 4.69) is 18.8 Å². The van der Waals surface area contributed by atoms with Crippen LogP contribution in [0.4, 0.5) is 5.13 Å². The van der Waals surface area contributed by atoms with E-state index >= 15 is 0 Å². The molecule has 0 unspecified atom stereocenters. The van der Waals surface area contributed by atoms with Crippen molar-refractivity contribution in [2.45, 2.75) is 26.7 Å². The van der Waals surface area contributed by atoms with Gasteiger partial charge in [0.25, 0.3) is 0 Å². The van der Waals surface area contributed by atoms with E-state index in [1.54, 1.807) is 18.4 Å². The Morgan fingerprint density at radius 1 is 1.26 bits per heavy atom. The number of methoxy groups -OCH3 is 1. The lowest BCUT2D eigenvalue weighted by Gasteiger charge is -2.24. The van der Waals surface area contributed by atoms with Gasteiger partial charge in [0.15, 0.2) is 5.13 Å². The fourth-order valence-corrected chi connectivity index (χ4v) is 3.45. The second-order valence-corrected chi connectivity index (χ2v) is 6.55. The number of ether oxygens (including phenoxy) is 1. The van der Waals surface area contributed by atoms with Crippen molar-refractivity contribution in [2.24, 2.45) is 0 Å².